The van der Waals surface area contributed by atoms with Gasteiger partial charge in [-0.25, -0.2) is 0 Å². The fraction of sp³-hybridized carbons (Fsp3) is 0.316. The molecule has 0 bridgehead atoms. The van der Waals surface area contributed by atoms with E-state index in [9.17, 15) is 4.79 Å². The van der Waals surface area contributed by atoms with Crippen LogP contribution in [0.1, 0.15) is 27.0 Å². The molecular formula is C19H22ClN3O2. The SMILES string of the molecule is Cc1cc(C(=O)Nc2ccc3c(c2)CCNC3)cc(Cl)c1OCCN. The van der Waals surface area contributed by atoms with E-state index in [1.54, 1.807) is 12.1 Å². The molecule has 1 aliphatic rings. The summed E-state index contributed by atoms with van der Waals surface area (Å²) in [6, 6.07) is 9.42. The number of carbonyl (C=O) groups excluding carboxylic acids is 1. The average Bonchev–Trinajstić information content (AvgIpc) is 2.61. The summed E-state index contributed by atoms with van der Waals surface area (Å²) in [5, 5.41) is 6.70. The Balaban J connectivity index is 1.77. The molecule has 2 aromatic rings. The van der Waals surface area contributed by atoms with E-state index in [2.05, 4.69) is 16.7 Å². The molecule has 5 nitrogen and oxygen atoms in total. The van der Waals surface area contributed by atoms with E-state index in [0.29, 0.717) is 29.5 Å². The number of ether oxygens (including phenoxy) is 1. The van der Waals surface area contributed by atoms with E-state index in [-0.39, 0.29) is 5.91 Å². The molecule has 0 aromatic heterocycles. The smallest absolute Gasteiger partial charge is 0.255 e. The van der Waals surface area contributed by atoms with Crippen molar-refractivity contribution in [3.05, 3.63) is 57.6 Å². The minimum Gasteiger partial charge on any atom is -0.490 e. The summed E-state index contributed by atoms with van der Waals surface area (Å²) < 4.78 is 5.54. The predicted molar refractivity (Wildman–Crippen MR) is 101 cm³/mol. The molecule has 3 rings (SSSR count). The van der Waals surface area contributed by atoms with Crippen LogP contribution in [0.15, 0.2) is 30.3 Å². The number of rotatable bonds is 5. The Kier molecular flexibility index (Phi) is 5.58. The Hall–Kier alpha value is -2.08. The normalized spacial score (nSPS) is 13.2. The summed E-state index contributed by atoms with van der Waals surface area (Å²) in [7, 11) is 0. The van der Waals surface area contributed by atoms with Gasteiger partial charge in [0.05, 0.1) is 5.02 Å². The average molecular weight is 360 g/mol. The Labute approximate surface area is 152 Å². The topological polar surface area (TPSA) is 76.4 Å². The second kappa shape index (κ2) is 7.87. The van der Waals surface area contributed by atoms with E-state index in [4.69, 9.17) is 22.1 Å². The van der Waals surface area contributed by atoms with E-state index in [1.807, 2.05) is 19.1 Å². The summed E-state index contributed by atoms with van der Waals surface area (Å²) >= 11 is 6.26. The van der Waals surface area contributed by atoms with Crippen molar-refractivity contribution in [3.8, 4) is 5.75 Å². The zero-order chi connectivity index (χ0) is 17.8. The van der Waals surface area contributed by atoms with Gasteiger partial charge in [-0.3, -0.25) is 4.79 Å². The van der Waals surface area contributed by atoms with E-state index in [1.165, 1.54) is 11.1 Å². The summed E-state index contributed by atoms with van der Waals surface area (Å²) in [5.74, 6) is 0.384. The van der Waals surface area contributed by atoms with E-state index >= 15 is 0 Å². The molecule has 132 valence electrons. The summed E-state index contributed by atoms with van der Waals surface area (Å²) in [6.07, 6.45) is 0.969. The van der Waals surface area contributed by atoms with Crippen molar-refractivity contribution in [1.82, 2.24) is 5.32 Å². The lowest BCUT2D eigenvalue weighted by molar-refractivity contribution is 0.102. The van der Waals surface area contributed by atoms with E-state index < -0.39 is 0 Å². The van der Waals surface area contributed by atoms with Gasteiger partial charge in [0.1, 0.15) is 12.4 Å². The molecule has 4 N–H and O–H groups in total. The molecule has 0 spiro atoms. The van der Waals surface area contributed by atoms with Crippen molar-refractivity contribution in [1.29, 1.82) is 0 Å². The first kappa shape index (κ1) is 17.7. The highest BCUT2D eigenvalue weighted by Gasteiger charge is 2.14. The number of aryl methyl sites for hydroxylation is 1. The highest BCUT2D eigenvalue weighted by Crippen LogP contribution is 2.30. The van der Waals surface area contributed by atoms with Crippen LogP contribution in [0, 0.1) is 6.92 Å². The highest BCUT2D eigenvalue weighted by atomic mass is 35.5. The molecule has 0 atom stereocenters. The molecule has 0 fully saturated rings. The van der Waals surface area contributed by atoms with E-state index in [0.717, 1.165) is 30.8 Å². The van der Waals surface area contributed by atoms with Gasteiger partial charge in [-0.05, 0) is 60.8 Å². The Morgan fingerprint density at radius 3 is 2.92 bits per heavy atom. The minimum absolute atomic E-state index is 0.191. The summed E-state index contributed by atoms with van der Waals surface area (Å²) in [6.45, 7) is 4.49. The van der Waals surface area contributed by atoms with Crippen molar-refractivity contribution in [2.75, 3.05) is 25.0 Å². The van der Waals surface area contributed by atoms with Crippen molar-refractivity contribution in [2.45, 2.75) is 19.9 Å². The second-order valence-electron chi connectivity index (χ2n) is 6.11. The number of benzene rings is 2. The maximum atomic E-state index is 12.6. The Morgan fingerprint density at radius 2 is 2.16 bits per heavy atom. The predicted octanol–water partition coefficient (Wildman–Crippen LogP) is 2.88. The molecule has 1 amide bonds. The third-order valence-electron chi connectivity index (χ3n) is 4.21. The van der Waals surface area contributed by atoms with Crippen molar-refractivity contribution >= 4 is 23.2 Å². The lowest BCUT2D eigenvalue weighted by Gasteiger charge is -2.18. The molecule has 1 heterocycles. The number of hydrogen-bond donors (Lipinski definition) is 3. The number of nitrogens with one attached hydrogen (secondary N) is 2. The van der Waals surface area contributed by atoms with Gasteiger partial charge in [-0.2, -0.15) is 0 Å². The Morgan fingerprint density at radius 1 is 1.32 bits per heavy atom. The van der Waals surface area contributed by atoms with Crippen LogP contribution in [0.25, 0.3) is 0 Å². The number of halogens is 1. The second-order valence-corrected chi connectivity index (χ2v) is 6.51. The first-order valence-corrected chi connectivity index (χ1v) is 8.73. The molecule has 0 radical (unpaired) electrons. The van der Waals surface area contributed by atoms with Gasteiger partial charge in [-0.15, -0.1) is 0 Å². The first-order chi connectivity index (χ1) is 12.1. The molecule has 6 heteroatoms. The van der Waals surface area contributed by atoms with Gasteiger partial charge in [0.2, 0.25) is 0 Å². The van der Waals surface area contributed by atoms with Crippen LogP contribution >= 0.6 is 11.6 Å². The van der Waals surface area contributed by atoms with Crippen LogP contribution in [0.2, 0.25) is 5.02 Å². The molecule has 0 unspecified atom stereocenters. The molecular weight excluding hydrogens is 338 g/mol. The zero-order valence-electron chi connectivity index (χ0n) is 14.2. The third-order valence-corrected chi connectivity index (χ3v) is 4.49. The van der Waals surface area contributed by atoms with Crippen molar-refractivity contribution in [2.24, 2.45) is 5.73 Å². The fourth-order valence-corrected chi connectivity index (χ4v) is 3.29. The lowest BCUT2D eigenvalue weighted by atomic mass is 10.0. The highest BCUT2D eigenvalue weighted by molar-refractivity contribution is 6.32. The number of anilines is 1. The van der Waals surface area contributed by atoms with Gasteiger partial charge in [-0.1, -0.05) is 17.7 Å². The third kappa shape index (κ3) is 4.12. The van der Waals surface area contributed by atoms with Gasteiger partial charge >= 0.3 is 0 Å². The lowest BCUT2D eigenvalue weighted by Crippen LogP contribution is -2.23. The number of fused-ring (bicyclic) bond motifs is 1. The van der Waals surface area contributed by atoms with Gasteiger partial charge < -0.3 is 21.1 Å². The summed E-state index contributed by atoms with van der Waals surface area (Å²) in [5.41, 5.74) is 10.1. The Bertz CT molecular complexity index is 769. The molecule has 0 aliphatic carbocycles. The number of hydrogen-bond acceptors (Lipinski definition) is 4. The standard InChI is InChI=1S/C19H22ClN3O2/c1-12-8-15(10-17(20)18(12)25-7-5-21)19(24)23-16-3-2-14-11-22-6-4-13(14)9-16/h2-3,8-10,22H,4-7,11,21H2,1H3,(H,23,24). The monoisotopic (exact) mass is 359 g/mol. The molecule has 25 heavy (non-hydrogen) atoms. The largest absolute Gasteiger partial charge is 0.490 e. The first-order valence-electron chi connectivity index (χ1n) is 8.35. The molecule has 0 saturated carbocycles. The maximum absolute atomic E-state index is 12.6. The van der Waals surface area contributed by atoms with Crippen LogP contribution in [0.3, 0.4) is 0 Å². The van der Waals surface area contributed by atoms with Crippen molar-refractivity contribution < 1.29 is 9.53 Å². The van der Waals surface area contributed by atoms with Crippen LogP contribution < -0.4 is 21.1 Å². The number of nitrogens with two attached hydrogens (primary N) is 1. The molecule has 1 aliphatic heterocycles. The minimum atomic E-state index is -0.191. The number of amides is 1. The van der Waals surface area contributed by atoms with Gasteiger partial charge in [0.15, 0.2) is 0 Å². The zero-order valence-corrected chi connectivity index (χ0v) is 15.0. The summed E-state index contributed by atoms with van der Waals surface area (Å²) in [4.78, 5) is 12.6. The van der Waals surface area contributed by atoms with Crippen LogP contribution in [0.5, 0.6) is 5.75 Å². The fourth-order valence-electron chi connectivity index (χ4n) is 2.96. The van der Waals surface area contributed by atoms with Crippen LogP contribution in [0.4, 0.5) is 5.69 Å². The molecule has 2 aromatic carbocycles. The van der Waals surface area contributed by atoms with Crippen LogP contribution in [-0.2, 0) is 13.0 Å². The van der Waals surface area contributed by atoms with Gasteiger partial charge in [0, 0.05) is 24.3 Å². The number of carbonyl (C=O) groups is 1. The van der Waals surface area contributed by atoms with Crippen molar-refractivity contribution in [3.63, 3.8) is 0 Å². The van der Waals surface area contributed by atoms with Crippen LogP contribution in [-0.4, -0.2) is 25.6 Å². The van der Waals surface area contributed by atoms with Gasteiger partial charge in [0.25, 0.3) is 5.91 Å². The maximum Gasteiger partial charge on any atom is 0.255 e. The molecule has 0 saturated heterocycles. The quantitative estimate of drug-likeness (QED) is 0.767.